The zero-order chi connectivity index (χ0) is 14.9. The van der Waals surface area contributed by atoms with Gasteiger partial charge in [0.1, 0.15) is 0 Å². The van der Waals surface area contributed by atoms with Crippen molar-refractivity contribution in [3.05, 3.63) is 28.2 Å². The highest BCUT2D eigenvalue weighted by atomic mass is 35.5. The maximum Gasteiger partial charge on any atom is 0.236 e. The average Bonchev–Trinajstić information content (AvgIpc) is 3.25. The van der Waals surface area contributed by atoms with Gasteiger partial charge in [-0.15, -0.1) is 11.8 Å². The molecule has 0 atom stereocenters. The summed E-state index contributed by atoms with van der Waals surface area (Å²) < 4.78 is -0.355. The Morgan fingerprint density at radius 3 is 2.33 bits per heavy atom. The standard InChI is InChI=1S/C16H19Cl2NOS/c17-12-7-4-8-13(18)14(12)21-16(9-10-16)15(20)19-11-5-2-1-3-6-11/h4,7-8,11H,1-3,5-6,9-10H2,(H,19,20). The van der Waals surface area contributed by atoms with Gasteiger partial charge in [-0.3, -0.25) is 4.79 Å². The van der Waals surface area contributed by atoms with Crippen LogP contribution in [0.3, 0.4) is 0 Å². The molecule has 1 aromatic carbocycles. The summed E-state index contributed by atoms with van der Waals surface area (Å²) in [6, 6.07) is 5.83. The Labute approximate surface area is 140 Å². The highest BCUT2D eigenvalue weighted by molar-refractivity contribution is 8.02. The third-order valence-electron chi connectivity index (χ3n) is 4.27. The molecule has 2 saturated carbocycles. The Morgan fingerprint density at radius 1 is 1.14 bits per heavy atom. The maximum atomic E-state index is 12.6. The minimum Gasteiger partial charge on any atom is -0.352 e. The van der Waals surface area contributed by atoms with Gasteiger partial charge < -0.3 is 5.32 Å². The van der Waals surface area contributed by atoms with Crippen molar-refractivity contribution in [1.29, 1.82) is 0 Å². The van der Waals surface area contributed by atoms with Gasteiger partial charge in [0.05, 0.1) is 14.8 Å². The molecule has 0 aliphatic heterocycles. The number of hydrogen-bond acceptors (Lipinski definition) is 2. The highest BCUT2D eigenvalue weighted by Crippen LogP contribution is 2.54. The van der Waals surface area contributed by atoms with Crippen LogP contribution in [0.1, 0.15) is 44.9 Å². The lowest BCUT2D eigenvalue weighted by atomic mass is 9.95. The van der Waals surface area contributed by atoms with Gasteiger partial charge in [-0.2, -0.15) is 0 Å². The van der Waals surface area contributed by atoms with Gasteiger partial charge in [0.15, 0.2) is 0 Å². The summed E-state index contributed by atoms with van der Waals surface area (Å²) >= 11 is 14.0. The number of amides is 1. The molecule has 0 heterocycles. The first-order chi connectivity index (χ1) is 10.1. The number of halogens is 2. The van der Waals surface area contributed by atoms with Crippen LogP contribution in [0.4, 0.5) is 0 Å². The van der Waals surface area contributed by atoms with Gasteiger partial charge in [0.2, 0.25) is 5.91 Å². The van der Waals surface area contributed by atoms with E-state index in [0.717, 1.165) is 30.6 Å². The monoisotopic (exact) mass is 343 g/mol. The van der Waals surface area contributed by atoms with Crippen LogP contribution in [-0.2, 0) is 4.79 Å². The Kier molecular flexibility index (Phi) is 4.72. The molecule has 0 radical (unpaired) electrons. The van der Waals surface area contributed by atoms with Crippen molar-refractivity contribution in [3.63, 3.8) is 0 Å². The van der Waals surface area contributed by atoms with E-state index in [9.17, 15) is 4.79 Å². The fraction of sp³-hybridized carbons (Fsp3) is 0.562. The lowest BCUT2D eigenvalue weighted by Gasteiger charge is -2.25. The summed E-state index contributed by atoms with van der Waals surface area (Å²) in [5.41, 5.74) is 0. The molecule has 0 aromatic heterocycles. The molecule has 1 amide bonds. The van der Waals surface area contributed by atoms with E-state index in [1.165, 1.54) is 31.0 Å². The van der Waals surface area contributed by atoms with Gasteiger partial charge >= 0.3 is 0 Å². The number of thioether (sulfide) groups is 1. The Morgan fingerprint density at radius 2 is 1.76 bits per heavy atom. The van der Waals surface area contributed by atoms with Crippen LogP contribution >= 0.6 is 35.0 Å². The van der Waals surface area contributed by atoms with E-state index in [0.29, 0.717) is 16.1 Å². The predicted octanol–water partition coefficient (Wildman–Crippen LogP) is 5.07. The minimum atomic E-state index is -0.355. The Balaban J connectivity index is 1.68. The second-order valence-corrected chi connectivity index (χ2v) is 8.16. The van der Waals surface area contributed by atoms with Crippen LogP contribution < -0.4 is 5.32 Å². The molecule has 2 nitrogen and oxygen atoms in total. The molecule has 114 valence electrons. The lowest BCUT2D eigenvalue weighted by Crippen LogP contribution is -2.42. The van der Waals surface area contributed by atoms with E-state index in [2.05, 4.69) is 5.32 Å². The number of rotatable bonds is 4. The summed E-state index contributed by atoms with van der Waals surface area (Å²) in [5.74, 6) is 0.162. The van der Waals surface area contributed by atoms with E-state index in [1.54, 1.807) is 0 Å². The first kappa shape index (κ1) is 15.5. The third-order valence-corrected chi connectivity index (χ3v) is 6.76. The zero-order valence-electron chi connectivity index (χ0n) is 11.8. The second kappa shape index (κ2) is 6.39. The van der Waals surface area contributed by atoms with Gasteiger partial charge in [-0.25, -0.2) is 0 Å². The summed E-state index contributed by atoms with van der Waals surface area (Å²) in [6.07, 6.45) is 7.76. The van der Waals surface area contributed by atoms with Gasteiger partial charge in [0, 0.05) is 10.9 Å². The van der Waals surface area contributed by atoms with Crippen molar-refractivity contribution in [2.45, 2.75) is 60.6 Å². The Bertz CT molecular complexity index is 519. The number of benzene rings is 1. The van der Waals surface area contributed by atoms with Crippen LogP contribution in [0.25, 0.3) is 0 Å². The molecule has 0 unspecified atom stereocenters. The van der Waals surface area contributed by atoms with Crippen LogP contribution in [0, 0.1) is 0 Å². The average molecular weight is 344 g/mol. The molecule has 1 aromatic rings. The molecule has 0 saturated heterocycles. The second-order valence-electron chi connectivity index (χ2n) is 5.96. The molecule has 1 N–H and O–H groups in total. The van der Waals surface area contributed by atoms with Crippen LogP contribution in [0.5, 0.6) is 0 Å². The minimum absolute atomic E-state index is 0.162. The van der Waals surface area contributed by atoms with Crippen molar-refractivity contribution in [3.8, 4) is 0 Å². The number of nitrogens with one attached hydrogen (secondary N) is 1. The maximum absolute atomic E-state index is 12.6. The molecule has 21 heavy (non-hydrogen) atoms. The molecule has 3 rings (SSSR count). The van der Waals surface area contributed by atoms with Crippen LogP contribution in [0.15, 0.2) is 23.1 Å². The SMILES string of the molecule is O=C(NC1CCCCC1)C1(Sc2c(Cl)cccc2Cl)CC1. The van der Waals surface area contributed by atoms with Gasteiger partial charge in [0.25, 0.3) is 0 Å². The Hall–Kier alpha value is -0.380. The molecule has 2 fully saturated rings. The summed E-state index contributed by atoms with van der Waals surface area (Å²) in [4.78, 5) is 13.4. The number of hydrogen-bond donors (Lipinski definition) is 1. The first-order valence-electron chi connectivity index (χ1n) is 7.55. The number of carbonyl (C=O) groups excluding carboxylic acids is 1. The van der Waals surface area contributed by atoms with Crippen LogP contribution in [0.2, 0.25) is 10.0 Å². The summed E-state index contributed by atoms with van der Waals surface area (Å²) in [7, 11) is 0. The fourth-order valence-corrected chi connectivity index (χ4v) is 4.64. The molecule has 0 spiro atoms. The third kappa shape index (κ3) is 3.52. The van der Waals surface area contributed by atoms with E-state index in [1.807, 2.05) is 18.2 Å². The predicted molar refractivity (Wildman–Crippen MR) is 89.3 cm³/mol. The summed E-state index contributed by atoms with van der Waals surface area (Å²) in [5, 5.41) is 4.49. The molecule has 5 heteroatoms. The van der Waals surface area contributed by atoms with Crippen molar-refractivity contribution in [1.82, 2.24) is 5.32 Å². The van der Waals surface area contributed by atoms with Crippen molar-refractivity contribution >= 4 is 40.9 Å². The quantitative estimate of drug-likeness (QED) is 0.826. The zero-order valence-corrected chi connectivity index (χ0v) is 14.2. The lowest BCUT2D eigenvalue weighted by molar-refractivity contribution is -0.122. The van der Waals surface area contributed by atoms with Crippen molar-refractivity contribution < 1.29 is 4.79 Å². The van der Waals surface area contributed by atoms with Gasteiger partial charge in [-0.1, -0.05) is 48.5 Å². The van der Waals surface area contributed by atoms with Crippen LogP contribution in [-0.4, -0.2) is 16.7 Å². The highest BCUT2D eigenvalue weighted by Gasteiger charge is 2.51. The molecular weight excluding hydrogens is 325 g/mol. The molecule has 0 bridgehead atoms. The van der Waals surface area contributed by atoms with E-state index >= 15 is 0 Å². The fourth-order valence-electron chi connectivity index (χ4n) is 2.83. The van der Waals surface area contributed by atoms with Crippen molar-refractivity contribution in [2.75, 3.05) is 0 Å². The summed E-state index contributed by atoms with van der Waals surface area (Å²) in [6.45, 7) is 0. The molecule has 2 aliphatic carbocycles. The topological polar surface area (TPSA) is 29.1 Å². The van der Waals surface area contributed by atoms with Gasteiger partial charge in [-0.05, 0) is 37.8 Å². The van der Waals surface area contributed by atoms with E-state index in [4.69, 9.17) is 23.2 Å². The van der Waals surface area contributed by atoms with Crippen molar-refractivity contribution in [2.24, 2.45) is 0 Å². The van der Waals surface area contributed by atoms with E-state index < -0.39 is 0 Å². The molecular formula is C16H19Cl2NOS. The largest absolute Gasteiger partial charge is 0.352 e. The first-order valence-corrected chi connectivity index (χ1v) is 9.12. The van der Waals surface area contributed by atoms with E-state index in [-0.39, 0.29) is 10.7 Å². The number of carbonyl (C=O) groups is 1. The normalized spacial score (nSPS) is 21.0. The smallest absolute Gasteiger partial charge is 0.236 e. The molecule has 2 aliphatic rings.